The topological polar surface area (TPSA) is 133 Å². The van der Waals surface area contributed by atoms with Crippen molar-refractivity contribution in [3.63, 3.8) is 0 Å². The molecule has 0 atom stereocenters. The minimum Gasteiger partial charge on any atom is -0.550 e. The number of rotatable bonds is 10. The zero-order chi connectivity index (χ0) is 16.5. The molecule has 0 aromatic rings. The average Bonchev–Trinajstić information content (AvgIpc) is 2.39. The standard InChI is InChI=1S/C13H20O8/c1-3-20-11(18)13(7-5-9(14)15,8-6-10(16)17)12(19)21-4-2/h3-8H2,1-2H3,(H,14,15)(H,16,17)/p-2. The van der Waals surface area contributed by atoms with E-state index in [1.54, 1.807) is 0 Å². The number of carbonyl (C=O) groups is 4. The fourth-order valence-electron chi connectivity index (χ4n) is 1.79. The molecule has 120 valence electrons. The van der Waals surface area contributed by atoms with Crippen LogP contribution in [0.2, 0.25) is 0 Å². The van der Waals surface area contributed by atoms with Crippen LogP contribution in [0.1, 0.15) is 39.5 Å². The van der Waals surface area contributed by atoms with Gasteiger partial charge in [-0.25, -0.2) is 0 Å². The molecule has 0 spiro atoms. The highest BCUT2D eigenvalue weighted by Crippen LogP contribution is 2.33. The van der Waals surface area contributed by atoms with Crippen molar-refractivity contribution < 1.29 is 38.9 Å². The Morgan fingerprint density at radius 2 is 1.14 bits per heavy atom. The number of aliphatic carboxylic acids is 2. The summed E-state index contributed by atoms with van der Waals surface area (Å²) in [5.74, 6) is -4.96. The third-order valence-electron chi connectivity index (χ3n) is 2.84. The van der Waals surface area contributed by atoms with Crippen LogP contribution in [0.4, 0.5) is 0 Å². The van der Waals surface area contributed by atoms with Gasteiger partial charge in [-0.15, -0.1) is 0 Å². The minimum absolute atomic E-state index is 0.0450. The van der Waals surface area contributed by atoms with Gasteiger partial charge in [-0.3, -0.25) is 9.59 Å². The van der Waals surface area contributed by atoms with E-state index < -0.39 is 55.0 Å². The van der Waals surface area contributed by atoms with Gasteiger partial charge in [-0.2, -0.15) is 0 Å². The largest absolute Gasteiger partial charge is 0.550 e. The molecular weight excluding hydrogens is 284 g/mol. The third kappa shape index (κ3) is 5.80. The quantitative estimate of drug-likeness (QED) is 0.339. The Bertz CT molecular complexity index is 363. The molecule has 0 aliphatic carbocycles. The SMILES string of the molecule is CCOC(=O)C(CCC(=O)[O-])(CCC(=O)[O-])C(=O)OCC. The van der Waals surface area contributed by atoms with E-state index >= 15 is 0 Å². The zero-order valence-electron chi connectivity index (χ0n) is 12.0. The summed E-state index contributed by atoms with van der Waals surface area (Å²) in [4.78, 5) is 45.3. The molecular formula is C13H18O8-2. The first-order valence-corrected chi connectivity index (χ1v) is 6.54. The number of esters is 2. The first-order chi connectivity index (χ1) is 9.80. The summed E-state index contributed by atoms with van der Waals surface area (Å²) in [7, 11) is 0. The van der Waals surface area contributed by atoms with Crippen LogP contribution in [0.25, 0.3) is 0 Å². The summed E-state index contributed by atoms with van der Waals surface area (Å²) in [6, 6.07) is 0. The smallest absolute Gasteiger partial charge is 0.323 e. The van der Waals surface area contributed by atoms with Gasteiger partial charge in [0.25, 0.3) is 0 Å². The lowest BCUT2D eigenvalue weighted by atomic mass is 9.78. The zero-order valence-corrected chi connectivity index (χ0v) is 12.0. The van der Waals surface area contributed by atoms with Crippen molar-refractivity contribution in [3.05, 3.63) is 0 Å². The maximum atomic E-state index is 12.1. The second-order valence-corrected chi connectivity index (χ2v) is 4.27. The maximum Gasteiger partial charge on any atom is 0.323 e. The van der Waals surface area contributed by atoms with Crippen LogP contribution < -0.4 is 10.2 Å². The molecule has 0 amide bonds. The highest BCUT2D eigenvalue weighted by Gasteiger charge is 2.48. The third-order valence-corrected chi connectivity index (χ3v) is 2.84. The number of ether oxygens (including phenoxy) is 2. The van der Waals surface area contributed by atoms with E-state index in [1.807, 2.05) is 0 Å². The molecule has 8 nitrogen and oxygen atoms in total. The molecule has 0 saturated heterocycles. The van der Waals surface area contributed by atoms with E-state index in [4.69, 9.17) is 9.47 Å². The Balaban J connectivity index is 5.44. The van der Waals surface area contributed by atoms with Gasteiger partial charge in [0.05, 0.1) is 13.2 Å². The van der Waals surface area contributed by atoms with E-state index in [9.17, 15) is 29.4 Å². The number of hydrogen-bond acceptors (Lipinski definition) is 8. The molecule has 0 aromatic carbocycles. The van der Waals surface area contributed by atoms with Crippen LogP contribution >= 0.6 is 0 Å². The Morgan fingerprint density at radius 3 is 1.38 bits per heavy atom. The van der Waals surface area contributed by atoms with Crippen molar-refractivity contribution in [1.82, 2.24) is 0 Å². The Labute approximate surface area is 122 Å². The van der Waals surface area contributed by atoms with Crippen LogP contribution in [0, 0.1) is 5.41 Å². The van der Waals surface area contributed by atoms with Crippen LogP contribution in [0.3, 0.4) is 0 Å². The van der Waals surface area contributed by atoms with Crippen molar-refractivity contribution in [2.45, 2.75) is 39.5 Å². The van der Waals surface area contributed by atoms with Gasteiger partial charge in [0.1, 0.15) is 0 Å². The summed E-state index contributed by atoms with van der Waals surface area (Å²) in [6.45, 7) is 2.92. The molecule has 0 unspecified atom stereocenters. The van der Waals surface area contributed by atoms with Crippen molar-refractivity contribution >= 4 is 23.9 Å². The molecule has 8 heteroatoms. The Morgan fingerprint density at radius 1 is 0.810 bits per heavy atom. The van der Waals surface area contributed by atoms with Gasteiger partial charge in [0.2, 0.25) is 0 Å². The van der Waals surface area contributed by atoms with Crippen molar-refractivity contribution in [2.24, 2.45) is 5.41 Å². The summed E-state index contributed by atoms with van der Waals surface area (Å²) < 4.78 is 9.55. The number of carboxylic acids is 2. The van der Waals surface area contributed by atoms with Gasteiger partial charge in [-0.05, 0) is 39.5 Å². The molecule has 0 heterocycles. The monoisotopic (exact) mass is 302 g/mol. The minimum atomic E-state index is -1.98. The fourth-order valence-corrected chi connectivity index (χ4v) is 1.79. The normalized spacial score (nSPS) is 10.8. The molecule has 0 aliphatic heterocycles. The molecule has 0 aliphatic rings. The lowest BCUT2D eigenvalue weighted by Gasteiger charge is -2.29. The van der Waals surface area contributed by atoms with E-state index in [-0.39, 0.29) is 13.2 Å². The predicted octanol–water partition coefficient (Wildman–Crippen LogP) is -1.84. The highest BCUT2D eigenvalue weighted by atomic mass is 16.6. The molecule has 0 fully saturated rings. The Kier molecular flexibility index (Phi) is 8.03. The van der Waals surface area contributed by atoms with Crippen molar-refractivity contribution in [3.8, 4) is 0 Å². The lowest BCUT2D eigenvalue weighted by molar-refractivity contribution is -0.306. The van der Waals surface area contributed by atoms with Crippen LogP contribution in [0.15, 0.2) is 0 Å². The summed E-state index contributed by atoms with van der Waals surface area (Å²) in [5, 5.41) is 21.2. The molecule has 0 aromatic heterocycles. The van der Waals surface area contributed by atoms with E-state index in [0.717, 1.165) is 0 Å². The van der Waals surface area contributed by atoms with E-state index in [2.05, 4.69) is 0 Å². The predicted molar refractivity (Wildman–Crippen MR) is 64.2 cm³/mol. The van der Waals surface area contributed by atoms with Gasteiger partial charge in [0, 0.05) is 11.9 Å². The average molecular weight is 302 g/mol. The second-order valence-electron chi connectivity index (χ2n) is 4.27. The Hall–Kier alpha value is -2.12. The van der Waals surface area contributed by atoms with Crippen molar-refractivity contribution in [1.29, 1.82) is 0 Å². The van der Waals surface area contributed by atoms with Crippen molar-refractivity contribution in [2.75, 3.05) is 13.2 Å². The van der Waals surface area contributed by atoms with Gasteiger partial charge < -0.3 is 29.3 Å². The summed E-state index contributed by atoms with van der Waals surface area (Å²) in [6.07, 6.45) is -2.13. The molecule has 0 radical (unpaired) electrons. The highest BCUT2D eigenvalue weighted by molar-refractivity contribution is 6.00. The molecule has 0 saturated carbocycles. The van der Waals surface area contributed by atoms with Gasteiger partial charge in [-0.1, -0.05) is 0 Å². The summed E-state index contributed by atoms with van der Waals surface area (Å²) >= 11 is 0. The molecule has 0 rings (SSSR count). The van der Waals surface area contributed by atoms with E-state index in [1.165, 1.54) is 13.8 Å². The van der Waals surface area contributed by atoms with Crippen LogP contribution in [0.5, 0.6) is 0 Å². The second kappa shape index (κ2) is 8.93. The lowest BCUT2D eigenvalue weighted by Crippen LogP contribution is -2.44. The molecule has 0 bridgehead atoms. The maximum absolute atomic E-state index is 12.1. The molecule has 21 heavy (non-hydrogen) atoms. The van der Waals surface area contributed by atoms with E-state index in [0.29, 0.717) is 0 Å². The van der Waals surface area contributed by atoms with Gasteiger partial charge >= 0.3 is 11.9 Å². The molecule has 0 N–H and O–H groups in total. The van der Waals surface area contributed by atoms with Crippen LogP contribution in [-0.2, 0) is 28.7 Å². The summed E-state index contributed by atoms with van der Waals surface area (Å²) in [5.41, 5.74) is -1.98. The number of hydrogen-bond donors (Lipinski definition) is 0. The first kappa shape index (κ1) is 18.9. The van der Waals surface area contributed by atoms with Gasteiger partial charge in [0.15, 0.2) is 5.41 Å². The number of carboxylic acid groups (broad SMARTS) is 2. The fraction of sp³-hybridized carbons (Fsp3) is 0.692. The number of carbonyl (C=O) groups excluding carboxylic acids is 4. The first-order valence-electron chi connectivity index (χ1n) is 6.54. The van der Waals surface area contributed by atoms with Crippen LogP contribution in [-0.4, -0.2) is 37.1 Å².